The number of aryl methyl sites for hydroxylation is 2. The van der Waals surface area contributed by atoms with E-state index in [9.17, 15) is 0 Å². The van der Waals surface area contributed by atoms with Crippen molar-refractivity contribution in [1.29, 1.82) is 0 Å². The van der Waals surface area contributed by atoms with Gasteiger partial charge in [0.15, 0.2) is 0 Å². The fourth-order valence-electron chi connectivity index (χ4n) is 2.96. The van der Waals surface area contributed by atoms with Crippen LogP contribution in [0.2, 0.25) is 0 Å². The Bertz CT molecular complexity index is 401. The molecule has 0 amide bonds. The fraction of sp³-hybridized carbons (Fsp3) is 0.786. The summed E-state index contributed by atoms with van der Waals surface area (Å²) in [5.41, 5.74) is 8.57. The van der Waals surface area contributed by atoms with E-state index in [0.717, 1.165) is 26.1 Å². The lowest BCUT2D eigenvalue weighted by atomic mass is 10.0. The molecule has 1 aliphatic rings. The van der Waals surface area contributed by atoms with Crippen LogP contribution in [0.15, 0.2) is 6.20 Å². The largest absolute Gasteiger partial charge is 0.329 e. The van der Waals surface area contributed by atoms with Gasteiger partial charge in [-0.15, -0.1) is 0 Å². The molecule has 1 unspecified atom stereocenters. The van der Waals surface area contributed by atoms with Gasteiger partial charge in [-0.2, -0.15) is 5.10 Å². The van der Waals surface area contributed by atoms with Gasteiger partial charge in [-0.3, -0.25) is 9.58 Å². The highest BCUT2D eigenvalue weighted by molar-refractivity contribution is 5.22. The predicted molar refractivity (Wildman–Crippen MR) is 78.1 cm³/mol. The van der Waals surface area contributed by atoms with Crippen LogP contribution in [0.25, 0.3) is 0 Å². The predicted octanol–water partition coefficient (Wildman–Crippen LogP) is 0.620. The van der Waals surface area contributed by atoms with Crippen LogP contribution in [-0.4, -0.2) is 59.4 Å². The second kappa shape index (κ2) is 6.50. The molecule has 2 heterocycles. The smallest absolute Gasteiger partial charge is 0.0670 e. The number of nitrogens with zero attached hydrogens (tertiary/aromatic N) is 4. The van der Waals surface area contributed by atoms with Gasteiger partial charge in [0.1, 0.15) is 0 Å². The van der Waals surface area contributed by atoms with Crippen LogP contribution in [0.4, 0.5) is 0 Å². The molecular weight excluding hydrogens is 238 g/mol. The molecule has 1 aromatic rings. The van der Waals surface area contributed by atoms with Crippen molar-refractivity contribution in [2.75, 3.05) is 39.8 Å². The van der Waals surface area contributed by atoms with Gasteiger partial charge in [0.2, 0.25) is 0 Å². The second-order valence-electron chi connectivity index (χ2n) is 5.50. The average Bonchev–Trinajstić information content (AvgIpc) is 2.63. The van der Waals surface area contributed by atoms with Crippen molar-refractivity contribution in [3.05, 3.63) is 17.5 Å². The van der Waals surface area contributed by atoms with Crippen molar-refractivity contribution in [3.63, 3.8) is 0 Å². The molecule has 1 saturated heterocycles. The van der Waals surface area contributed by atoms with E-state index in [4.69, 9.17) is 5.73 Å². The maximum atomic E-state index is 6.06. The lowest BCUT2D eigenvalue weighted by Gasteiger charge is -2.29. The van der Waals surface area contributed by atoms with Crippen molar-refractivity contribution in [2.24, 2.45) is 12.8 Å². The standard InChI is InChI=1S/C14H27N5/c1-4-13-12(11-18(3)16-13)14(10-15)19-7-5-6-17(2)8-9-19/h11,14H,4-10,15H2,1-3H3. The first-order valence-corrected chi connectivity index (χ1v) is 7.30. The van der Waals surface area contributed by atoms with E-state index in [1.807, 2.05) is 11.7 Å². The molecule has 2 N–H and O–H groups in total. The minimum Gasteiger partial charge on any atom is -0.329 e. The first-order valence-electron chi connectivity index (χ1n) is 7.30. The van der Waals surface area contributed by atoms with Gasteiger partial charge < -0.3 is 10.6 Å². The number of likely N-dealkylation sites (N-methyl/N-ethyl adjacent to an activating group) is 1. The molecule has 1 atom stereocenters. The molecule has 0 radical (unpaired) electrons. The monoisotopic (exact) mass is 265 g/mol. The minimum absolute atomic E-state index is 0.315. The van der Waals surface area contributed by atoms with E-state index in [1.165, 1.54) is 24.2 Å². The minimum atomic E-state index is 0.315. The third-order valence-corrected chi connectivity index (χ3v) is 4.05. The summed E-state index contributed by atoms with van der Waals surface area (Å²) in [6.45, 7) is 7.36. The van der Waals surface area contributed by atoms with Crippen LogP contribution in [0.3, 0.4) is 0 Å². The molecule has 19 heavy (non-hydrogen) atoms. The van der Waals surface area contributed by atoms with Gasteiger partial charge in [0.25, 0.3) is 0 Å². The summed E-state index contributed by atoms with van der Waals surface area (Å²) in [5.74, 6) is 0. The summed E-state index contributed by atoms with van der Waals surface area (Å²) in [5, 5.41) is 4.56. The molecule has 1 fully saturated rings. The maximum Gasteiger partial charge on any atom is 0.0670 e. The first kappa shape index (κ1) is 14.5. The van der Waals surface area contributed by atoms with Crippen molar-refractivity contribution in [3.8, 4) is 0 Å². The van der Waals surface area contributed by atoms with Crippen molar-refractivity contribution in [1.82, 2.24) is 19.6 Å². The van der Waals surface area contributed by atoms with E-state index in [1.54, 1.807) is 0 Å². The van der Waals surface area contributed by atoms with Gasteiger partial charge in [0, 0.05) is 45.0 Å². The normalized spacial score (nSPS) is 20.4. The summed E-state index contributed by atoms with van der Waals surface area (Å²) < 4.78 is 1.92. The Morgan fingerprint density at radius 2 is 2.05 bits per heavy atom. The third-order valence-electron chi connectivity index (χ3n) is 4.05. The molecule has 0 spiro atoms. The van der Waals surface area contributed by atoms with Gasteiger partial charge in [-0.05, 0) is 26.4 Å². The van der Waals surface area contributed by atoms with Crippen LogP contribution in [0, 0.1) is 0 Å². The van der Waals surface area contributed by atoms with Gasteiger partial charge in [-0.1, -0.05) is 6.92 Å². The van der Waals surface area contributed by atoms with Gasteiger partial charge in [0.05, 0.1) is 11.7 Å². The summed E-state index contributed by atoms with van der Waals surface area (Å²) in [7, 11) is 4.19. The van der Waals surface area contributed by atoms with Crippen molar-refractivity contribution < 1.29 is 0 Å². The van der Waals surface area contributed by atoms with Gasteiger partial charge in [-0.25, -0.2) is 0 Å². The highest BCUT2D eigenvalue weighted by atomic mass is 15.3. The van der Waals surface area contributed by atoms with Crippen LogP contribution in [-0.2, 0) is 13.5 Å². The number of hydrogen-bond acceptors (Lipinski definition) is 4. The molecule has 0 bridgehead atoms. The highest BCUT2D eigenvalue weighted by Gasteiger charge is 2.24. The zero-order chi connectivity index (χ0) is 13.8. The number of hydrogen-bond donors (Lipinski definition) is 1. The van der Waals surface area contributed by atoms with Crippen LogP contribution in [0.1, 0.15) is 30.6 Å². The second-order valence-corrected chi connectivity index (χ2v) is 5.50. The first-order chi connectivity index (χ1) is 9.15. The molecule has 0 aromatic carbocycles. The Labute approximate surface area is 116 Å². The Morgan fingerprint density at radius 1 is 1.26 bits per heavy atom. The zero-order valence-electron chi connectivity index (χ0n) is 12.5. The lowest BCUT2D eigenvalue weighted by molar-refractivity contribution is 0.207. The van der Waals surface area contributed by atoms with Gasteiger partial charge >= 0.3 is 0 Å². The van der Waals surface area contributed by atoms with E-state index in [0.29, 0.717) is 12.6 Å². The fourth-order valence-corrected chi connectivity index (χ4v) is 2.96. The number of aromatic nitrogens is 2. The van der Waals surface area contributed by atoms with Crippen LogP contribution >= 0.6 is 0 Å². The zero-order valence-corrected chi connectivity index (χ0v) is 12.5. The molecular formula is C14H27N5. The lowest BCUT2D eigenvalue weighted by Crippen LogP contribution is -2.36. The summed E-state index contributed by atoms with van der Waals surface area (Å²) in [6, 6.07) is 0.315. The summed E-state index contributed by atoms with van der Waals surface area (Å²) in [4.78, 5) is 4.93. The molecule has 108 valence electrons. The van der Waals surface area contributed by atoms with E-state index < -0.39 is 0 Å². The Kier molecular flexibility index (Phi) is 4.96. The quantitative estimate of drug-likeness (QED) is 0.867. The summed E-state index contributed by atoms with van der Waals surface area (Å²) in [6.07, 6.45) is 4.33. The van der Waals surface area contributed by atoms with E-state index in [2.05, 4.69) is 35.1 Å². The Morgan fingerprint density at radius 3 is 2.74 bits per heavy atom. The molecule has 0 saturated carbocycles. The van der Waals surface area contributed by atoms with Crippen LogP contribution < -0.4 is 5.73 Å². The number of nitrogens with two attached hydrogens (primary N) is 1. The van der Waals surface area contributed by atoms with Crippen molar-refractivity contribution >= 4 is 0 Å². The average molecular weight is 265 g/mol. The molecule has 5 heteroatoms. The SMILES string of the molecule is CCc1nn(C)cc1C(CN)N1CCCN(C)CC1. The van der Waals surface area contributed by atoms with E-state index in [-0.39, 0.29) is 0 Å². The molecule has 1 aromatic heterocycles. The third kappa shape index (κ3) is 3.35. The molecule has 0 aliphatic carbocycles. The van der Waals surface area contributed by atoms with Crippen molar-refractivity contribution in [2.45, 2.75) is 25.8 Å². The molecule has 2 rings (SSSR count). The van der Waals surface area contributed by atoms with Crippen LogP contribution in [0.5, 0.6) is 0 Å². The molecule has 5 nitrogen and oxygen atoms in total. The Hall–Kier alpha value is -0.910. The Balaban J connectivity index is 2.18. The molecule has 1 aliphatic heterocycles. The topological polar surface area (TPSA) is 50.3 Å². The maximum absolute atomic E-state index is 6.06. The van der Waals surface area contributed by atoms with E-state index >= 15 is 0 Å². The highest BCUT2D eigenvalue weighted by Crippen LogP contribution is 2.24. The number of rotatable bonds is 4. The summed E-state index contributed by atoms with van der Waals surface area (Å²) >= 11 is 0.